The van der Waals surface area contributed by atoms with E-state index in [4.69, 9.17) is 16.7 Å². The number of hydrogen-bond donors (Lipinski definition) is 1. The lowest BCUT2D eigenvalue weighted by Gasteiger charge is -2.11. The highest BCUT2D eigenvalue weighted by Crippen LogP contribution is 2.35. The minimum absolute atomic E-state index is 0.206. The third kappa shape index (κ3) is 3.65. The minimum atomic E-state index is -4.46. The quantitative estimate of drug-likeness (QED) is 0.910. The van der Waals surface area contributed by atoms with Crippen LogP contribution in [-0.2, 0) is 12.8 Å². The first kappa shape index (κ1) is 15.2. The number of rotatable bonds is 3. The van der Waals surface area contributed by atoms with Crippen LogP contribution in [0.3, 0.4) is 0 Å². The number of pyridine rings is 1. The molecule has 0 aliphatic carbocycles. The second kappa shape index (κ2) is 6.03. The van der Waals surface area contributed by atoms with Crippen LogP contribution in [0.1, 0.15) is 11.3 Å². The Morgan fingerprint density at radius 1 is 1.20 bits per heavy atom. The van der Waals surface area contributed by atoms with Crippen molar-refractivity contribution in [2.45, 2.75) is 22.6 Å². The molecule has 20 heavy (non-hydrogen) atoms. The number of aliphatic hydroxyl groups is 1. The van der Waals surface area contributed by atoms with Gasteiger partial charge in [-0.25, -0.2) is 0 Å². The number of aromatic nitrogens is 1. The summed E-state index contributed by atoms with van der Waals surface area (Å²) in [6, 6.07) is 7.65. The molecule has 2 rings (SSSR count). The molecule has 7 heteroatoms. The smallest absolute Gasteiger partial charge is 0.390 e. The Morgan fingerprint density at radius 2 is 1.85 bits per heavy atom. The van der Waals surface area contributed by atoms with E-state index in [0.29, 0.717) is 9.92 Å². The lowest BCUT2D eigenvalue weighted by Crippen LogP contribution is -2.07. The van der Waals surface area contributed by atoms with Crippen LogP contribution in [0.5, 0.6) is 0 Å². The van der Waals surface area contributed by atoms with Gasteiger partial charge in [-0.05, 0) is 30.3 Å². The average Bonchev–Trinajstić information content (AvgIpc) is 2.40. The zero-order chi connectivity index (χ0) is 14.8. The van der Waals surface area contributed by atoms with Crippen LogP contribution in [0.25, 0.3) is 0 Å². The van der Waals surface area contributed by atoms with Crippen molar-refractivity contribution >= 4 is 23.4 Å². The van der Waals surface area contributed by atoms with Crippen LogP contribution in [0.4, 0.5) is 13.2 Å². The van der Waals surface area contributed by atoms with Crippen molar-refractivity contribution in [3.8, 4) is 0 Å². The number of nitrogens with zero attached hydrogens (tertiary/aromatic N) is 1. The highest BCUT2D eigenvalue weighted by atomic mass is 35.5. The fourth-order valence-corrected chi connectivity index (χ4v) is 2.54. The standard InChI is InChI=1S/C13H9ClF3NOS/c14-9-1-3-10(4-2-9)20-12-5-8(13(15,16)17)6-18-11(12)7-19/h1-6,19H,7H2. The molecule has 0 saturated heterocycles. The first-order valence-corrected chi connectivity index (χ1v) is 6.70. The fourth-order valence-electron chi connectivity index (χ4n) is 1.46. The summed E-state index contributed by atoms with van der Waals surface area (Å²) in [6.45, 7) is -0.423. The van der Waals surface area contributed by atoms with Crippen molar-refractivity contribution in [1.82, 2.24) is 4.98 Å². The third-order valence-electron chi connectivity index (χ3n) is 2.45. The SMILES string of the molecule is OCc1ncc(C(F)(F)F)cc1Sc1ccc(Cl)cc1. The predicted molar refractivity (Wildman–Crippen MR) is 70.7 cm³/mol. The Morgan fingerprint density at radius 3 is 2.40 bits per heavy atom. The van der Waals surface area contributed by atoms with Crippen LogP contribution >= 0.6 is 23.4 Å². The molecule has 0 amide bonds. The van der Waals surface area contributed by atoms with E-state index in [0.717, 1.165) is 24.0 Å². The van der Waals surface area contributed by atoms with E-state index in [1.54, 1.807) is 24.3 Å². The maximum Gasteiger partial charge on any atom is 0.417 e. The molecule has 0 fully saturated rings. The number of alkyl halides is 3. The van der Waals surface area contributed by atoms with Crippen LogP contribution in [0.2, 0.25) is 5.02 Å². The van der Waals surface area contributed by atoms with Gasteiger partial charge in [0.25, 0.3) is 0 Å². The zero-order valence-corrected chi connectivity index (χ0v) is 11.6. The van der Waals surface area contributed by atoms with Crippen molar-refractivity contribution < 1.29 is 18.3 Å². The van der Waals surface area contributed by atoms with Gasteiger partial charge in [-0.2, -0.15) is 13.2 Å². The van der Waals surface area contributed by atoms with Gasteiger partial charge in [0, 0.05) is 21.0 Å². The van der Waals surface area contributed by atoms with Gasteiger partial charge in [0.1, 0.15) is 0 Å². The monoisotopic (exact) mass is 319 g/mol. The lowest BCUT2D eigenvalue weighted by molar-refractivity contribution is -0.138. The van der Waals surface area contributed by atoms with E-state index in [2.05, 4.69) is 4.98 Å². The molecule has 0 aliphatic heterocycles. The summed E-state index contributed by atoms with van der Waals surface area (Å²) < 4.78 is 38.0. The Balaban J connectivity index is 2.35. The second-order valence-electron chi connectivity index (χ2n) is 3.88. The Labute approximate surface area is 122 Å². The van der Waals surface area contributed by atoms with Crippen molar-refractivity contribution in [3.05, 3.63) is 52.8 Å². The van der Waals surface area contributed by atoms with E-state index < -0.39 is 18.3 Å². The van der Waals surface area contributed by atoms with Crippen molar-refractivity contribution in [2.75, 3.05) is 0 Å². The lowest BCUT2D eigenvalue weighted by atomic mass is 10.2. The molecule has 0 aliphatic rings. The summed E-state index contributed by atoms with van der Waals surface area (Å²) in [5.41, 5.74) is -0.635. The van der Waals surface area contributed by atoms with Gasteiger partial charge in [-0.3, -0.25) is 4.98 Å². The van der Waals surface area contributed by atoms with Gasteiger partial charge in [0.2, 0.25) is 0 Å². The van der Waals surface area contributed by atoms with Gasteiger partial charge in [0.05, 0.1) is 17.9 Å². The summed E-state index contributed by atoms with van der Waals surface area (Å²) in [5.74, 6) is 0. The maximum atomic E-state index is 12.7. The molecular weight excluding hydrogens is 311 g/mol. The molecule has 2 nitrogen and oxygen atoms in total. The van der Waals surface area contributed by atoms with Crippen molar-refractivity contribution in [2.24, 2.45) is 0 Å². The van der Waals surface area contributed by atoms with E-state index in [9.17, 15) is 13.2 Å². The summed E-state index contributed by atoms with van der Waals surface area (Å²) in [5, 5.41) is 9.70. The Hall–Kier alpha value is -1.24. The number of aliphatic hydroxyl groups excluding tert-OH is 1. The van der Waals surface area contributed by atoms with Gasteiger partial charge in [-0.1, -0.05) is 23.4 Å². The molecule has 0 saturated carbocycles. The van der Waals surface area contributed by atoms with E-state index >= 15 is 0 Å². The van der Waals surface area contributed by atoms with Crippen molar-refractivity contribution in [3.63, 3.8) is 0 Å². The fraction of sp³-hybridized carbons (Fsp3) is 0.154. The maximum absolute atomic E-state index is 12.7. The summed E-state index contributed by atoms with van der Waals surface area (Å²) >= 11 is 6.84. The minimum Gasteiger partial charge on any atom is -0.390 e. The van der Waals surface area contributed by atoms with Gasteiger partial charge in [-0.15, -0.1) is 0 Å². The molecule has 0 radical (unpaired) electrons. The summed E-state index contributed by atoms with van der Waals surface area (Å²) in [4.78, 5) is 4.64. The molecule has 1 aromatic carbocycles. The van der Waals surface area contributed by atoms with Crippen LogP contribution in [-0.4, -0.2) is 10.1 Å². The Bertz CT molecular complexity index is 602. The van der Waals surface area contributed by atoms with Gasteiger partial charge >= 0.3 is 6.18 Å². The summed E-state index contributed by atoms with van der Waals surface area (Å²) in [6.07, 6.45) is -3.74. The van der Waals surface area contributed by atoms with Crippen LogP contribution < -0.4 is 0 Å². The first-order valence-electron chi connectivity index (χ1n) is 5.50. The van der Waals surface area contributed by atoms with Crippen molar-refractivity contribution in [1.29, 1.82) is 0 Å². The molecule has 1 heterocycles. The topological polar surface area (TPSA) is 33.1 Å². The molecule has 1 N–H and O–H groups in total. The molecular formula is C13H9ClF3NOS. The molecule has 0 bridgehead atoms. The van der Waals surface area contributed by atoms with Gasteiger partial charge < -0.3 is 5.11 Å². The number of benzene rings is 1. The normalized spacial score (nSPS) is 11.7. The molecule has 1 aromatic heterocycles. The number of halogens is 4. The first-order chi connectivity index (χ1) is 9.40. The van der Waals surface area contributed by atoms with Crippen LogP contribution in [0.15, 0.2) is 46.3 Å². The molecule has 0 unspecified atom stereocenters. The zero-order valence-electron chi connectivity index (χ0n) is 9.99. The highest BCUT2D eigenvalue weighted by Gasteiger charge is 2.31. The van der Waals surface area contributed by atoms with Crippen LogP contribution in [0, 0.1) is 0 Å². The average molecular weight is 320 g/mol. The molecule has 0 atom stereocenters. The molecule has 2 aromatic rings. The van der Waals surface area contributed by atoms with Gasteiger partial charge in [0.15, 0.2) is 0 Å². The van der Waals surface area contributed by atoms with E-state index in [-0.39, 0.29) is 10.6 Å². The largest absolute Gasteiger partial charge is 0.417 e. The summed E-state index contributed by atoms with van der Waals surface area (Å²) in [7, 11) is 0. The van der Waals surface area contributed by atoms with E-state index in [1.807, 2.05) is 0 Å². The third-order valence-corrected chi connectivity index (χ3v) is 3.78. The molecule has 0 spiro atoms. The predicted octanol–water partition coefficient (Wildman–Crippen LogP) is 4.40. The van der Waals surface area contributed by atoms with E-state index in [1.165, 1.54) is 0 Å². The second-order valence-corrected chi connectivity index (χ2v) is 5.43. The number of hydrogen-bond acceptors (Lipinski definition) is 3. The molecule has 106 valence electrons. The highest BCUT2D eigenvalue weighted by molar-refractivity contribution is 7.99. The Kier molecular flexibility index (Phi) is 4.57.